The highest BCUT2D eigenvalue weighted by atomic mass is 32.1. The number of benzene rings is 1. The monoisotopic (exact) mass is 504 g/mol. The molecule has 0 bridgehead atoms. The van der Waals surface area contributed by atoms with Crippen LogP contribution >= 0.6 is 11.3 Å². The van der Waals surface area contributed by atoms with Crippen molar-refractivity contribution in [3.8, 4) is 5.75 Å². The minimum atomic E-state index is -0.308. The van der Waals surface area contributed by atoms with Gasteiger partial charge in [0.25, 0.3) is 5.91 Å². The van der Waals surface area contributed by atoms with Gasteiger partial charge in [-0.2, -0.15) is 0 Å². The van der Waals surface area contributed by atoms with E-state index in [2.05, 4.69) is 10.3 Å². The molecule has 1 unspecified atom stereocenters. The first-order chi connectivity index (χ1) is 16.9. The third-order valence-corrected chi connectivity index (χ3v) is 6.45. The predicted molar refractivity (Wildman–Crippen MR) is 132 cm³/mol. The molecule has 1 aromatic carbocycles. The van der Waals surface area contributed by atoms with Gasteiger partial charge >= 0.3 is 12.0 Å². The summed E-state index contributed by atoms with van der Waals surface area (Å²) in [6.07, 6.45) is 1.45. The average molecular weight is 505 g/mol. The molecule has 10 nitrogen and oxygen atoms in total. The van der Waals surface area contributed by atoms with Crippen LogP contribution in [0.5, 0.6) is 5.75 Å². The van der Waals surface area contributed by atoms with E-state index in [9.17, 15) is 14.4 Å². The van der Waals surface area contributed by atoms with Crippen LogP contribution in [-0.4, -0.2) is 79.8 Å². The van der Waals surface area contributed by atoms with Crippen molar-refractivity contribution in [2.24, 2.45) is 5.92 Å². The molecule has 35 heavy (non-hydrogen) atoms. The fourth-order valence-electron chi connectivity index (χ4n) is 3.75. The Morgan fingerprint density at radius 2 is 2.00 bits per heavy atom. The van der Waals surface area contributed by atoms with Crippen molar-refractivity contribution in [3.63, 3.8) is 0 Å². The number of anilines is 1. The van der Waals surface area contributed by atoms with E-state index in [1.807, 2.05) is 0 Å². The van der Waals surface area contributed by atoms with Gasteiger partial charge in [0.1, 0.15) is 16.5 Å². The maximum Gasteiger partial charge on any atom is 0.322 e. The third-order valence-electron chi connectivity index (χ3n) is 5.62. The maximum atomic E-state index is 13.0. The van der Waals surface area contributed by atoms with Crippen molar-refractivity contribution in [1.29, 1.82) is 0 Å². The van der Waals surface area contributed by atoms with E-state index in [-0.39, 0.29) is 30.4 Å². The number of likely N-dealkylation sites (tertiary alicyclic amines) is 1. The SMILES string of the molecule is CCOC(=O)C1CCCN(C(=O)c2csc(CN(CCOC)C(=O)Nc3ccc(OC)cc3)n2)C1. The number of nitrogens with zero attached hydrogens (tertiary/aromatic N) is 3. The van der Waals surface area contributed by atoms with Crippen molar-refractivity contribution in [1.82, 2.24) is 14.8 Å². The molecule has 2 aromatic rings. The number of carbonyl (C=O) groups is 3. The molecule has 0 spiro atoms. The Labute approximate surface area is 209 Å². The fourth-order valence-corrected chi connectivity index (χ4v) is 4.53. The minimum absolute atomic E-state index is 0.215. The van der Waals surface area contributed by atoms with Crippen LogP contribution in [0.2, 0.25) is 0 Å². The summed E-state index contributed by atoms with van der Waals surface area (Å²) >= 11 is 1.32. The first-order valence-corrected chi connectivity index (χ1v) is 12.4. The van der Waals surface area contributed by atoms with E-state index in [0.717, 1.165) is 6.42 Å². The maximum absolute atomic E-state index is 13.0. The Kier molecular flexibility index (Phi) is 9.86. The van der Waals surface area contributed by atoms with Gasteiger partial charge in [0, 0.05) is 37.8 Å². The number of nitrogens with one attached hydrogen (secondary N) is 1. The number of hydrogen-bond acceptors (Lipinski definition) is 8. The molecule has 1 aliphatic rings. The highest BCUT2D eigenvalue weighted by molar-refractivity contribution is 7.09. The number of hydrogen-bond donors (Lipinski definition) is 1. The number of methoxy groups -OCH3 is 2. The quantitative estimate of drug-likeness (QED) is 0.495. The summed E-state index contributed by atoms with van der Waals surface area (Å²) < 4.78 is 15.4. The molecule has 2 heterocycles. The van der Waals surface area contributed by atoms with E-state index < -0.39 is 0 Å². The second kappa shape index (κ2) is 13.1. The molecule has 3 amide bonds. The number of thiazole rings is 1. The lowest BCUT2D eigenvalue weighted by Gasteiger charge is -2.31. The molecule has 1 atom stereocenters. The van der Waals surface area contributed by atoms with Gasteiger partial charge in [-0.3, -0.25) is 9.59 Å². The van der Waals surface area contributed by atoms with Crippen molar-refractivity contribution < 1.29 is 28.6 Å². The number of piperidine rings is 1. The second-order valence-corrected chi connectivity index (χ2v) is 8.98. The van der Waals surface area contributed by atoms with Gasteiger partial charge in [-0.1, -0.05) is 0 Å². The Morgan fingerprint density at radius 3 is 2.69 bits per heavy atom. The molecule has 190 valence electrons. The normalized spacial score (nSPS) is 15.4. The van der Waals surface area contributed by atoms with Crippen LogP contribution in [0.25, 0.3) is 0 Å². The lowest BCUT2D eigenvalue weighted by Crippen LogP contribution is -2.43. The standard InChI is InChI=1S/C24H32N4O6S/c1-4-34-23(30)17-6-5-11-27(14-17)22(29)20-16-35-21(26-20)15-28(12-13-32-2)24(31)25-18-7-9-19(33-3)10-8-18/h7-10,16-17H,4-6,11-15H2,1-3H3,(H,25,31). The molecule has 3 rings (SSSR count). The predicted octanol–water partition coefficient (Wildman–Crippen LogP) is 3.25. The van der Waals surface area contributed by atoms with Crippen LogP contribution in [0.1, 0.15) is 35.3 Å². The minimum Gasteiger partial charge on any atom is -0.497 e. The molecule has 1 saturated heterocycles. The van der Waals surface area contributed by atoms with E-state index >= 15 is 0 Å². The average Bonchev–Trinajstić information content (AvgIpc) is 3.35. The van der Waals surface area contributed by atoms with Crippen molar-refractivity contribution in [2.45, 2.75) is 26.3 Å². The molecule has 11 heteroatoms. The largest absolute Gasteiger partial charge is 0.497 e. The van der Waals surface area contributed by atoms with Gasteiger partial charge in [0.15, 0.2) is 0 Å². The van der Waals surface area contributed by atoms with Gasteiger partial charge in [0.2, 0.25) is 0 Å². The fraction of sp³-hybridized carbons (Fsp3) is 0.500. The van der Waals surface area contributed by atoms with Crippen LogP contribution in [0, 0.1) is 5.92 Å². The molecule has 1 N–H and O–H groups in total. The zero-order valence-electron chi connectivity index (χ0n) is 20.3. The highest BCUT2D eigenvalue weighted by Crippen LogP contribution is 2.22. The Bertz CT molecular complexity index is 996. The third kappa shape index (κ3) is 7.40. The topological polar surface area (TPSA) is 110 Å². The molecule has 1 fully saturated rings. The van der Waals surface area contributed by atoms with Crippen molar-refractivity contribution >= 4 is 34.9 Å². The summed E-state index contributed by atoms with van der Waals surface area (Å²) in [5, 5.41) is 5.19. The van der Waals surface area contributed by atoms with Crippen LogP contribution < -0.4 is 10.1 Å². The number of aromatic nitrogens is 1. The van der Waals surface area contributed by atoms with Gasteiger partial charge in [-0.05, 0) is 44.0 Å². The van der Waals surface area contributed by atoms with Gasteiger partial charge in [-0.25, -0.2) is 9.78 Å². The van der Waals surface area contributed by atoms with E-state index in [4.69, 9.17) is 14.2 Å². The summed E-state index contributed by atoms with van der Waals surface area (Å²) in [6.45, 7) is 3.94. The van der Waals surface area contributed by atoms with Crippen molar-refractivity contribution in [2.75, 3.05) is 52.4 Å². The molecular weight excluding hydrogens is 472 g/mol. The Hall–Kier alpha value is -3.18. The summed E-state index contributed by atoms with van der Waals surface area (Å²) in [5.74, 6) is -0.0910. The Morgan fingerprint density at radius 1 is 1.23 bits per heavy atom. The number of urea groups is 1. The molecular formula is C24H32N4O6S. The highest BCUT2D eigenvalue weighted by Gasteiger charge is 2.30. The lowest BCUT2D eigenvalue weighted by molar-refractivity contribution is -0.149. The van der Waals surface area contributed by atoms with Crippen molar-refractivity contribution in [3.05, 3.63) is 40.3 Å². The van der Waals surface area contributed by atoms with Gasteiger partial charge in [0.05, 0.1) is 32.8 Å². The Balaban J connectivity index is 1.63. The van der Waals surface area contributed by atoms with E-state index in [0.29, 0.717) is 61.4 Å². The molecule has 0 radical (unpaired) electrons. The zero-order valence-corrected chi connectivity index (χ0v) is 21.1. The molecule has 1 aromatic heterocycles. The van der Waals surface area contributed by atoms with E-state index in [1.165, 1.54) is 11.3 Å². The summed E-state index contributed by atoms with van der Waals surface area (Å²) in [7, 11) is 3.15. The smallest absolute Gasteiger partial charge is 0.322 e. The summed E-state index contributed by atoms with van der Waals surface area (Å²) in [6, 6.07) is 6.74. The molecule has 0 saturated carbocycles. The zero-order chi connectivity index (χ0) is 25.2. The first kappa shape index (κ1) is 26.4. The van der Waals surface area contributed by atoms with Crippen LogP contribution in [0.4, 0.5) is 10.5 Å². The molecule has 1 aliphatic heterocycles. The van der Waals surface area contributed by atoms with Gasteiger partial charge in [-0.15, -0.1) is 11.3 Å². The molecule has 0 aliphatic carbocycles. The number of rotatable bonds is 10. The van der Waals surface area contributed by atoms with Gasteiger partial charge < -0.3 is 29.3 Å². The summed E-state index contributed by atoms with van der Waals surface area (Å²) in [5.41, 5.74) is 0.950. The number of esters is 1. The van der Waals surface area contributed by atoms with E-state index in [1.54, 1.807) is 60.6 Å². The van der Waals surface area contributed by atoms with Crippen LogP contribution in [0.15, 0.2) is 29.6 Å². The first-order valence-electron chi connectivity index (χ1n) is 11.5. The number of carbonyl (C=O) groups excluding carboxylic acids is 3. The second-order valence-electron chi connectivity index (χ2n) is 8.04. The lowest BCUT2D eigenvalue weighted by atomic mass is 9.98. The number of ether oxygens (including phenoxy) is 3. The summed E-state index contributed by atoms with van der Waals surface area (Å²) in [4.78, 5) is 45.8. The number of amides is 3. The van der Waals surface area contributed by atoms with Crippen LogP contribution in [0.3, 0.4) is 0 Å². The van der Waals surface area contributed by atoms with Crippen LogP contribution in [-0.2, 0) is 20.8 Å².